The van der Waals surface area contributed by atoms with Crippen molar-refractivity contribution in [3.63, 3.8) is 0 Å². The van der Waals surface area contributed by atoms with Crippen molar-refractivity contribution in [2.75, 3.05) is 4.90 Å². The number of amides is 4. The molecule has 7 nitrogen and oxygen atoms in total. The van der Waals surface area contributed by atoms with Gasteiger partial charge >= 0.3 is 0 Å². The van der Waals surface area contributed by atoms with Crippen molar-refractivity contribution in [1.82, 2.24) is 10.4 Å². The molecule has 0 radical (unpaired) electrons. The van der Waals surface area contributed by atoms with Crippen LogP contribution in [-0.4, -0.2) is 34.7 Å². The van der Waals surface area contributed by atoms with E-state index in [0.717, 1.165) is 21.5 Å². The number of nitrogens with zero attached hydrogens (tertiary/aromatic N) is 2. The molecule has 0 bridgehead atoms. The SMILES string of the molecule is O=C(NN(C(=O)C=Cc1ccccc1)C1CC(=O)N(c2ccccc2)C1=O)c1cccc(F)c1. The van der Waals surface area contributed by atoms with Crippen molar-refractivity contribution >= 4 is 35.4 Å². The Kier molecular flexibility index (Phi) is 6.59. The normalized spacial score (nSPS) is 15.6. The molecule has 34 heavy (non-hydrogen) atoms. The Labute approximate surface area is 195 Å². The molecule has 1 atom stereocenters. The number of halogens is 1. The molecule has 0 aromatic heterocycles. The van der Waals surface area contributed by atoms with Crippen molar-refractivity contribution in [2.45, 2.75) is 12.5 Å². The standard InChI is InChI=1S/C26H20FN3O4/c27-20-11-7-10-19(16-20)25(33)28-30(23(31)15-14-18-8-3-1-4-9-18)22-17-24(32)29(26(22)34)21-12-5-2-6-13-21/h1-16,22H,17H2,(H,28,33). The van der Waals surface area contributed by atoms with Crippen LogP contribution in [0.4, 0.5) is 10.1 Å². The third-order valence-electron chi connectivity index (χ3n) is 5.21. The largest absolute Gasteiger partial charge is 0.274 e. The minimum absolute atomic E-state index is 0.0403. The summed E-state index contributed by atoms with van der Waals surface area (Å²) in [5.41, 5.74) is 3.44. The summed E-state index contributed by atoms with van der Waals surface area (Å²) < 4.78 is 13.6. The predicted molar refractivity (Wildman–Crippen MR) is 124 cm³/mol. The Balaban J connectivity index is 1.63. The van der Waals surface area contributed by atoms with Crippen molar-refractivity contribution in [1.29, 1.82) is 0 Å². The van der Waals surface area contributed by atoms with E-state index in [1.165, 1.54) is 30.4 Å². The number of nitrogens with one attached hydrogen (secondary N) is 1. The number of para-hydroxylation sites is 1. The molecule has 1 saturated heterocycles. The van der Waals surface area contributed by atoms with Gasteiger partial charge in [0, 0.05) is 11.6 Å². The maximum absolute atomic E-state index is 13.6. The summed E-state index contributed by atoms with van der Waals surface area (Å²) in [6.07, 6.45) is 2.41. The Morgan fingerprint density at radius 1 is 0.941 bits per heavy atom. The Morgan fingerprint density at radius 3 is 2.29 bits per heavy atom. The van der Waals surface area contributed by atoms with Gasteiger partial charge in [0.2, 0.25) is 5.91 Å². The highest BCUT2D eigenvalue weighted by atomic mass is 19.1. The fourth-order valence-corrected chi connectivity index (χ4v) is 3.57. The van der Waals surface area contributed by atoms with E-state index in [0.29, 0.717) is 5.69 Å². The first-order valence-electron chi connectivity index (χ1n) is 10.5. The lowest BCUT2D eigenvalue weighted by molar-refractivity contribution is -0.136. The fourth-order valence-electron chi connectivity index (χ4n) is 3.57. The zero-order valence-corrected chi connectivity index (χ0v) is 17.9. The van der Waals surface area contributed by atoms with Gasteiger partial charge in [-0.2, -0.15) is 0 Å². The minimum Gasteiger partial charge on any atom is -0.274 e. The van der Waals surface area contributed by atoms with Gasteiger partial charge in [-0.05, 0) is 42.0 Å². The topological polar surface area (TPSA) is 86.8 Å². The van der Waals surface area contributed by atoms with Gasteiger partial charge in [-0.3, -0.25) is 24.6 Å². The first kappa shape index (κ1) is 22.6. The van der Waals surface area contributed by atoms with Crippen LogP contribution in [0, 0.1) is 5.82 Å². The maximum Gasteiger partial charge on any atom is 0.270 e. The van der Waals surface area contributed by atoms with Gasteiger partial charge in [0.05, 0.1) is 12.1 Å². The summed E-state index contributed by atoms with van der Waals surface area (Å²) in [5, 5.41) is 0.829. The number of hydrogen-bond acceptors (Lipinski definition) is 4. The number of hydrazine groups is 1. The van der Waals surface area contributed by atoms with Gasteiger partial charge in [-0.1, -0.05) is 54.6 Å². The third kappa shape index (κ3) is 4.91. The van der Waals surface area contributed by atoms with E-state index >= 15 is 0 Å². The Hall–Kier alpha value is -4.59. The number of rotatable bonds is 5. The first-order chi connectivity index (χ1) is 16.4. The van der Waals surface area contributed by atoms with Crippen molar-refractivity contribution in [3.8, 4) is 0 Å². The molecule has 3 aromatic rings. The Morgan fingerprint density at radius 2 is 1.62 bits per heavy atom. The Bertz CT molecular complexity index is 1260. The number of imide groups is 1. The second-order valence-electron chi connectivity index (χ2n) is 7.53. The first-order valence-corrected chi connectivity index (χ1v) is 10.5. The van der Waals surface area contributed by atoms with Gasteiger partial charge < -0.3 is 0 Å². The van der Waals surface area contributed by atoms with Crippen LogP contribution in [0.2, 0.25) is 0 Å². The van der Waals surface area contributed by atoms with E-state index in [2.05, 4.69) is 5.43 Å². The molecule has 1 unspecified atom stereocenters. The predicted octanol–water partition coefficient (Wildman–Crippen LogP) is 3.34. The van der Waals surface area contributed by atoms with Crippen LogP contribution in [-0.2, 0) is 14.4 Å². The highest BCUT2D eigenvalue weighted by Gasteiger charge is 2.45. The van der Waals surface area contributed by atoms with E-state index in [1.807, 2.05) is 6.07 Å². The van der Waals surface area contributed by atoms with Crippen molar-refractivity contribution < 1.29 is 23.6 Å². The lowest BCUT2D eigenvalue weighted by atomic mass is 10.2. The molecule has 170 valence electrons. The smallest absolute Gasteiger partial charge is 0.270 e. The molecule has 3 aromatic carbocycles. The van der Waals surface area contributed by atoms with E-state index in [-0.39, 0.29) is 12.0 Å². The number of carbonyl (C=O) groups excluding carboxylic acids is 4. The summed E-state index contributed by atoms with van der Waals surface area (Å²) >= 11 is 0. The molecule has 4 rings (SSSR count). The van der Waals surface area contributed by atoms with Crippen LogP contribution < -0.4 is 10.3 Å². The average Bonchev–Trinajstić information content (AvgIpc) is 3.15. The lowest BCUT2D eigenvalue weighted by Gasteiger charge is -2.27. The van der Waals surface area contributed by atoms with E-state index in [9.17, 15) is 23.6 Å². The highest BCUT2D eigenvalue weighted by molar-refractivity contribution is 6.23. The van der Waals surface area contributed by atoms with Crippen LogP contribution in [0.1, 0.15) is 22.3 Å². The highest BCUT2D eigenvalue weighted by Crippen LogP contribution is 2.25. The lowest BCUT2D eigenvalue weighted by Crippen LogP contribution is -2.54. The second kappa shape index (κ2) is 9.91. The van der Waals surface area contributed by atoms with Gasteiger partial charge in [0.1, 0.15) is 11.9 Å². The molecule has 1 aliphatic rings. The molecular weight excluding hydrogens is 437 g/mol. The zero-order chi connectivity index (χ0) is 24.1. The molecule has 1 aliphatic heterocycles. The van der Waals surface area contributed by atoms with Crippen LogP contribution in [0.5, 0.6) is 0 Å². The summed E-state index contributed by atoms with van der Waals surface area (Å²) in [6, 6.07) is 20.9. The quantitative estimate of drug-likeness (QED) is 0.362. The number of benzene rings is 3. The molecule has 1 heterocycles. The zero-order valence-electron chi connectivity index (χ0n) is 17.9. The van der Waals surface area contributed by atoms with E-state index in [1.54, 1.807) is 54.6 Å². The maximum atomic E-state index is 13.6. The van der Waals surface area contributed by atoms with Crippen molar-refractivity contribution in [2.24, 2.45) is 0 Å². The molecule has 1 fully saturated rings. The summed E-state index contributed by atoms with van der Waals surface area (Å²) in [7, 11) is 0. The van der Waals surface area contributed by atoms with Crippen molar-refractivity contribution in [3.05, 3.63) is 108 Å². The molecule has 0 spiro atoms. The number of carbonyl (C=O) groups is 4. The monoisotopic (exact) mass is 457 g/mol. The van der Waals surface area contributed by atoms with Crippen LogP contribution in [0.3, 0.4) is 0 Å². The molecule has 4 amide bonds. The number of anilines is 1. The molecule has 8 heteroatoms. The fraction of sp³-hybridized carbons (Fsp3) is 0.0769. The summed E-state index contributed by atoms with van der Waals surface area (Å²) in [5.74, 6) is -3.30. The summed E-state index contributed by atoms with van der Waals surface area (Å²) in [4.78, 5) is 52.7. The molecule has 0 saturated carbocycles. The van der Waals surface area contributed by atoms with Gasteiger partial charge in [-0.15, -0.1) is 0 Å². The average molecular weight is 457 g/mol. The number of hydrogen-bond donors (Lipinski definition) is 1. The van der Waals surface area contributed by atoms with Crippen LogP contribution in [0.25, 0.3) is 6.08 Å². The van der Waals surface area contributed by atoms with E-state index < -0.39 is 35.5 Å². The van der Waals surface area contributed by atoms with E-state index in [4.69, 9.17) is 0 Å². The van der Waals surface area contributed by atoms with Crippen LogP contribution >= 0.6 is 0 Å². The van der Waals surface area contributed by atoms with Gasteiger partial charge in [0.25, 0.3) is 17.7 Å². The van der Waals surface area contributed by atoms with Gasteiger partial charge in [0.15, 0.2) is 0 Å². The van der Waals surface area contributed by atoms with Crippen LogP contribution in [0.15, 0.2) is 91.0 Å². The second-order valence-corrected chi connectivity index (χ2v) is 7.53. The summed E-state index contributed by atoms with van der Waals surface area (Å²) in [6.45, 7) is 0. The third-order valence-corrected chi connectivity index (χ3v) is 5.21. The van der Waals surface area contributed by atoms with Gasteiger partial charge in [-0.25, -0.2) is 14.3 Å². The molecule has 1 N–H and O–H groups in total. The molecule has 0 aliphatic carbocycles. The minimum atomic E-state index is -1.27. The molecular formula is C26H20FN3O4.